The molecular formula is C27H47N9O11. The standard InChI is InChI=1S/C27H47N9O11/c1-17(37)34(45)12-4-7-20-25(42)30-16-23(40)29-11-10-28-15-24(41)32-22(9-6-14-36(47)19(3)39)33-27(44)21(31-26(20)43)8-5-13-35(46)18(2)38/h20-22,28,45-47H,4-16H2,1-3H3,(H,29,40)(H,30,42)(H,31,43)(H,32,41)(H,33,44). The molecule has 1 fully saturated rings. The first kappa shape index (κ1) is 40.6. The highest BCUT2D eigenvalue weighted by Gasteiger charge is 2.32. The fourth-order valence-electron chi connectivity index (χ4n) is 4.27. The summed E-state index contributed by atoms with van der Waals surface area (Å²) in [5, 5.41) is 45.9. The first-order valence-electron chi connectivity index (χ1n) is 15.2. The smallest absolute Gasteiger partial charge is 0.244 e. The maximum absolute atomic E-state index is 13.5. The second-order valence-corrected chi connectivity index (χ2v) is 10.8. The average Bonchev–Trinajstić information content (AvgIpc) is 3.00. The van der Waals surface area contributed by atoms with Crippen molar-refractivity contribution in [3.05, 3.63) is 0 Å². The molecule has 20 heteroatoms. The number of amides is 8. The lowest BCUT2D eigenvalue weighted by Crippen LogP contribution is -2.57. The molecule has 8 amide bonds. The highest BCUT2D eigenvalue weighted by Crippen LogP contribution is 2.11. The summed E-state index contributed by atoms with van der Waals surface area (Å²) in [5.41, 5.74) is 0. The molecule has 0 aromatic heterocycles. The summed E-state index contributed by atoms with van der Waals surface area (Å²) >= 11 is 0. The number of carbonyl (C=O) groups is 8. The van der Waals surface area contributed by atoms with Crippen molar-refractivity contribution in [1.29, 1.82) is 0 Å². The Bertz CT molecular complexity index is 1120. The van der Waals surface area contributed by atoms with Gasteiger partial charge in [-0.15, -0.1) is 0 Å². The van der Waals surface area contributed by atoms with E-state index in [1.807, 2.05) is 0 Å². The van der Waals surface area contributed by atoms with E-state index in [4.69, 9.17) is 0 Å². The summed E-state index contributed by atoms with van der Waals surface area (Å²) in [6.45, 7) is 2.44. The molecule has 1 aliphatic rings. The Hall–Kier alpha value is -4.40. The topological polar surface area (TPSA) is 279 Å². The normalized spacial score (nSPS) is 20.3. The maximum Gasteiger partial charge on any atom is 0.244 e. The Kier molecular flexibility index (Phi) is 18.5. The highest BCUT2D eigenvalue weighted by atomic mass is 16.5. The summed E-state index contributed by atoms with van der Waals surface area (Å²) < 4.78 is 0. The molecule has 1 heterocycles. The Morgan fingerprint density at radius 1 is 0.617 bits per heavy atom. The number of rotatable bonds is 12. The molecule has 3 unspecified atom stereocenters. The zero-order valence-electron chi connectivity index (χ0n) is 26.9. The number of hydroxylamine groups is 6. The van der Waals surface area contributed by atoms with Gasteiger partial charge < -0.3 is 31.9 Å². The van der Waals surface area contributed by atoms with Crippen LogP contribution in [0.4, 0.5) is 0 Å². The van der Waals surface area contributed by atoms with Gasteiger partial charge in [-0.2, -0.15) is 0 Å². The number of hydrogen-bond donors (Lipinski definition) is 9. The van der Waals surface area contributed by atoms with Crippen LogP contribution in [-0.4, -0.2) is 136 Å². The van der Waals surface area contributed by atoms with E-state index in [1.165, 1.54) is 0 Å². The van der Waals surface area contributed by atoms with E-state index in [2.05, 4.69) is 31.9 Å². The van der Waals surface area contributed by atoms with Gasteiger partial charge in [-0.25, -0.2) is 15.2 Å². The van der Waals surface area contributed by atoms with Crippen LogP contribution in [0.25, 0.3) is 0 Å². The molecule has 0 bridgehead atoms. The van der Waals surface area contributed by atoms with Crippen LogP contribution in [0.15, 0.2) is 0 Å². The minimum atomic E-state index is -1.47. The average molecular weight is 674 g/mol. The van der Waals surface area contributed by atoms with Crippen LogP contribution >= 0.6 is 0 Å². The molecule has 0 aromatic carbocycles. The second-order valence-electron chi connectivity index (χ2n) is 10.8. The van der Waals surface area contributed by atoms with E-state index in [-0.39, 0.29) is 77.8 Å². The van der Waals surface area contributed by atoms with Gasteiger partial charge >= 0.3 is 0 Å². The fraction of sp³-hybridized carbons (Fsp3) is 0.704. The minimum Gasteiger partial charge on any atom is -0.353 e. The largest absolute Gasteiger partial charge is 0.353 e. The predicted octanol–water partition coefficient (Wildman–Crippen LogP) is -3.46. The molecule has 0 radical (unpaired) electrons. The van der Waals surface area contributed by atoms with Gasteiger partial charge in [0.1, 0.15) is 18.1 Å². The molecule has 47 heavy (non-hydrogen) atoms. The van der Waals surface area contributed by atoms with Crippen molar-refractivity contribution in [2.24, 2.45) is 5.92 Å². The molecule has 0 spiro atoms. The third-order valence-electron chi connectivity index (χ3n) is 6.93. The van der Waals surface area contributed by atoms with Gasteiger partial charge in [-0.3, -0.25) is 54.0 Å². The summed E-state index contributed by atoms with van der Waals surface area (Å²) in [7, 11) is 0. The lowest BCUT2D eigenvalue weighted by atomic mass is 9.99. The van der Waals surface area contributed by atoms with Crippen LogP contribution in [0.2, 0.25) is 0 Å². The molecule has 9 N–H and O–H groups in total. The van der Waals surface area contributed by atoms with Gasteiger partial charge in [0.25, 0.3) is 0 Å². The van der Waals surface area contributed by atoms with Crippen molar-refractivity contribution in [3.63, 3.8) is 0 Å². The quantitative estimate of drug-likeness (QED) is 0.0555. The van der Waals surface area contributed by atoms with Crippen molar-refractivity contribution in [2.75, 3.05) is 45.8 Å². The van der Waals surface area contributed by atoms with Crippen LogP contribution in [-0.2, 0) is 38.4 Å². The van der Waals surface area contributed by atoms with Crippen molar-refractivity contribution < 1.29 is 54.0 Å². The van der Waals surface area contributed by atoms with Crippen LogP contribution in [0, 0.1) is 5.92 Å². The summed E-state index contributed by atoms with van der Waals surface area (Å²) in [4.78, 5) is 99.1. The third kappa shape index (κ3) is 16.6. The van der Waals surface area contributed by atoms with E-state index < -0.39 is 71.9 Å². The van der Waals surface area contributed by atoms with Gasteiger partial charge in [0, 0.05) is 53.5 Å². The van der Waals surface area contributed by atoms with Crippen LogP contribution in [0.1, 0.15) is 59.3 Å². The molecule has 1 saturated heterocycles. The number of carbonyl (C=O) groups excluding carboxylic acids is 8. The summed E-state index contributed by atoms with van der Waals surface area (Å²) in [6, 6.07) is -1.35. The van der Waals surface area contributed by atoms with Crippen molar-refractivity contribution in [3.8, 4) is 0 Å². The number of hydrogen-bond acceptors (Lipinski definition) is 12. The fourth-order valence-corrected chi connectivity index (χ4v) is 4.27. The van der Waals surface area contributed by atoms with Gasteiger partial charge in [0.15, 0.2) is 0 Å². The van der Waals surface area contributed by atoms with Gasteiger partial charge in [0.2, 0.25) is 47.3 Å². The molecule has 266 valence electrons. The Morgan fingerprint density at radius 2 is 1.15 bits per heavy atom. The zero-order valence-corrected chi connectivity index (χ0v) is 26.9. The summed E-state index contributed by atoms with van der Waals surface area (Å²) in [6.07, 6.45) is -1.17. The van der Waals surface area contributed by atoms with E-state index in [0.717, 1.165) is 20.8 Å². The second kappa shape index (κ2) is 21.4. The molecule has 1 aliphatic heterocycles. The Morgan fingerprint density at radius 3 is 1.70 bits per heavy atom. The van der Waals surface area contributed by atoms with Gasteiger partial charge in [-0.1, -0.05) is 0 Å². The monoisotopic (exact) mass is 673 g/mol. The van der Waals surface area contributed by atoms with Crippen molar-refractivity contribution >= 4 is 47.3 Å². The van der Waals surface area contributed by atoms with Crippen molar-refractivity contribution in [2.45, 2.75) is 71.5 Å². The molecule has 0 saturated carbocycles. The van der Waals surface area contributed by atoms with Gasteiger partial charge in [-0.05, 0) is 38.5 Å². The third-order valence-corrected chi connectivity index (χ3v) is 6.93. The van der Waals surface area contributed by atoms with Crippen LogP contribution in [0.5, 0.6) is 0 Å². The highest BCUT2D eigenvalue weighted by molar-refractivity contribution is 6.02. The molecule has 20 nitrogen and oxygen atoms in total. The lowest BCUT2D eigenvalue weighted by molar-refractivity contribution is -0.163. The summed E-state index contributed by atoms with van der Waals surface area (Å²) in [5.74, 6) is -7.10. The lowest BCUT2D eigenvalue weighted by Gasteiger charge is -2.27. The number of nitrogens with one attached hydrogen (secondary N) is 6. The van der Waals surface area contributed by atoms with Crippen LogP contribution in [0.3, 0.4) is 0 Å². The van der Waals surface area contributed by atoms with Gasteiger partial charge in [0.05, 0.1) is 13.1 Å². The van der Waals surface area contributed by atoms with E-state index >= 15 is 0 Å². The SMILES string of the molecule is CC(=O)N(O)CCCC1NC(=O)CNCCNC(=O)CNC(=O)C(CCCN(O)C(C)=O)C(=O)NC(CCCN(O)C(C)=O)C(=O)N1. The van der Waals surface area contributed by atoms with E-state index in [0.29, 0.717) is 15.2 Å². The predicted molar refractivity (Wildman–Crippen MR) is 160 cm³/mol. The van der Waals surface area contributed by atoms with E-state index in [9.17, 15) is 54.0 Å². The molecule has 1 rings (SSSR count). The first-order chi connectivity index (χ1) is 22.1. The zero-order chi connectivity index (χ0) is 35.5. The van der Waals surface area contributed by atoms with Crippen molar-refractivity contribution in [1.82, 2.24) is 47.1 Å². The first-order valence-corrected chi connectivity index (χ1v) is 15.2. The molecule has 0 aliphatic carbocycles. The molecule has 0 aromatic rings. The maximum atomic E-state index is 13.5. The molecule has 3 atom stereocenters. The van der Waals surface area contributed by atoms with E-state index in [1.54, 1.807) is 0 Å². The Labute approximate surface area is 271 Å². The van der Waals surface area contributed by atoms with Crippen LogP contribution < -0.4 is 31.9 Å². The molecular weight excluding hydrogens is 626 g/mol. The minimum absolute atomic E-state index is 0.00928. The Balaban J connectivity index is 3.31. The number of nitrogens with zero attached hydrogens (tertiary/aromatic N) is 3.